The summed E-state index contributed by atoms with van der Waals surface area (Å²) in [6, 6.07) is 2.65. The highest BCUT2D eigenvalue weighted by molar-refractivity contribution is 9.10. The molecular weight excluding hydrogens is 346 g/mol. The maximum atomic E-state index is 4.64. The van der Waals surface area contributed by atoms with Crippen LogP contribution in [0.15, 0.2) is 16.7 Å². The summed E-state index contributed by atoms with van der Waals surface area (Å²) in [6.07, 6.45) is 5.21. The average molecular weight is 374 g/mol. The highest BCUT2D eigenvalue weighted by atomic mass is 79.9. The molecule has 1 unspecified atom stereocenters. The third-order valence-corrected chi connectivity index (χ3v) is 4.53. The van der Waals surface area contributed by atoms with Gasteiger partial charge in [-0.3, -0.25) is 0 Å². The number of nitrogens with one attached hydrogen (secondary N) is 1. The lowest BCUT2D eigenvalue weighted by Gasteiger charge is -2.29. The van der Waals surface area contributed by atoms with E-state index < -0.39 is 0 Å². The van der Waals surface area contributed by atoms with E-state index in [1.807, 2.05) is 18.0 Å². The first-order chi connectivity index (χ1) is 9.74. The van der Waals surface area contributed by atoms with E-state index in [0.29, 0.717) is 6.04 Å². The Morgan fingerprint density at radius 2 is 2.10 bits per heavy atom. The van der Waals surface area contributed by atoms with E-state index in [-0.39, 0.29) is 5.54 Å². The predicted molar refractivity (Wildman–Crippen MR) is 99.4 cm³/mol. The highest BCUT2D eigenvalue weighted by Crippen LogP contribution is 2.24. The van der Waals surface area contributed by atoms with E-state index in [1.165, 1.54) is 17.7 Å². The SMILES string of the molecule is CSCCC(C)N(C)c1ncc(Br)cc1CNC(C)(C)C. The third kappa shape index (κ3) is 6.57. The quantitative estimate of drug-likeness (QED) is 0.770. The predicted octanol–water partition coefficient (Wildman–Crippen LogP) is 4.31. The Balaban J connectivity index is 2.89. The number of hydrogen-bond donors (Lipinski definition) is 1. The van der Waals surface area contributed by atoms with E-state index in [4.69, 9.17) is 0 Å². The molecule has 1 aromatic heterocycles. The van der Waals surface area contributed by atoms with Crippen LogP contribution in [0.1, 0.15) is 39.7 Å². The fourth-order valence-electron chi connectivity index (χ4n) is 1.97. The molecule has 21 heavy (non-hydrogen) atoms. The lowest BCUT2D eigenvalue weighted by atomic mass is 10.1. The number of hydrogen-bond acceptors (Lipinski definition) is 4. The first-order valence-electron chi connectivity index (χ1n) is 7.36. The van der Waals surface area contributed by atoms with Crippen molar-refractivity contribution in [3.05, 3.63) is 22.3 Å². The largest absolute Gasteiger partial charge is 0.357 e. The number of halogens is 1. The zero-order valence-corrected chi connectivity index (χ0v) is 16.4. The first kappa shape index (κ1) is 18.8. The Bertz CT molecular complexity index is 446. The number of anilines is 1. The first-order valence-corrected chi connectivity index (χ1v) is 9.54. The van der Waals surface area contributed by atoms with Crippen molar-refractivity contribution in [1.82, 2.24) is 10.3 Å². The minimum Gasteiger partial charge on any atom is -0.357 e. The van der Waals surface area contributed by atoms with Gasteiger partial charge >= 0.3 is 0 Å². The summed E-state index contributed by atoms with van der Waals surface area (Å²) in [6.45, 7) is 9.64. The normalized spacial score (nSPS) is 13.3. The molecule has 1 atom stereocenters. The van der Waals surface area contributed by atoms with Crippen molar-refractivity contribution in [2.75, 3.05) is 24.0 Å². The molecule has 0 amide bonds. The molecule has 0 spiro atoms. The molecule has 1 N–H and O–H groups in total. The molecule has 5 heteroatoms. The van der Waals surface area contributed by atoms with Crippen LogP contribution in [-0.2, 0) is 6.54 Å². The van der Waals surface area contributed by atoms with Crippen molar-refractivity contribution in [3.63, 3.8) is 0 Å². The Morgan fingerprint density at radius 1 is 1.43 bits per heavy atom. The summed E-state index contributed by atoms with van der Waals surface area (Å²) in [5, 5.41) is 3.55. The van der Waals surface area contributed by atoms with Gasteiger partial charge in [0.1, 0.15) is 5.82 Å². The second-order valence-electron chi connectivity index (χ2n) is 6.48. The molecule has 0 radical (unpaired) electrons. The van der Waals surface area contributed by atoms with Crippen LogP contribution in [0.3, 0.4) is 0 Å². The van der Waals surface area contributed by atoms with Gasteiger partial charge in [-0.2, -0.15) is 11.8 Å². The minimum absolute atomic E-state index is 0.0998. The second kappa shape index (κ2) is 8.39. The van der Waals surface area contributed by atoms with E-state index >= 15 is 0 Å². The van der Waals surface area contributed by atoms with Gasteiger partial charge in [0.15, 0.2) is 0 Å². The number of rotatable bonds is 7. The van der Waals surface area contributed by atoms with Crippen molar-refractivity contribution in [2.45, 2.75) is 52.2 Å². The number of nitrogens with zero attached hydrogens (tertiary/aromatic N) is 2. The van der Waals surface area contributed by atoms with Gasteiger partial charge in [-0.15, -0.1) is 0 Å². The number of pyridine rings is 1. The molecule has 1 rings (SSSR count). The minimum atomic E-state index is 0.0998. The Labute approximate surface area is 142 Å². The molecule has 0 aliphatic carbocycles. The van der Waals surface area contributed by atoms with Gasteiger partial charge in [0.2, 0.25) is 0 Å². The summed E-state index contributed by atoms with van der Waals surface area (Å²) in [5.41, 5.74) is 1.33. The van der Waals surface area contributed by atoms with Gasteiger partial charge in [0, 0.05) is 41.4 Å². The smallest absolute Gasteiger partial charge is 0.133 e. The summed E-state index contributed by atoms with van der Waals surface area (Å²) in [7, 11) is 2.14. The molecule has 0 saturated heterocycles. The van der Waals surface area contributed by atoms with Crippen LogP contribution in [0.2, 0.25) is 0 Å². The molecule has 0 saturated carbocycles. The maximum absolute atomic E-state index is 4.64. The van der Waals surface area contributed by atoms with Crippen molar-refractivity contribution in [3.8, 4) is 0 Å². The highest BCUT2D eigenvalue weighted by Gasteiger charge is 2.17. The molecule has 0 aliphatic rings. The zero-order chi connectivity index (χ0) is 16.0. The fourth-order valence-corrected chi connectivity index (χ4v) is 2.93. The van der Waals surface area contributed by atoms with E-state index in [2.05, 4.69) is 78.2 Å². The van der Waals surface area contributed by atoms with Gasteiger partial charge in [0.05, 0.1) is 0 Å². The van der Waals surface area contributed by atoms with Gasteiger partial charge in [-0.25, -0.2) is 4.98 Å². The fraction of sp³-hybridized carbons (Fsp3) is 0.688. The Morgan fingerprint density at radius 3 is 2.67 bits per heavy atom. The van der Waals surface area contributed by atoms with Crippen LogP contribution >= 0.6 is 27.7 Å². The standard InChI is InChI=1S/C16H28BrN3S/c1-12(7-8-21-6)20(5)15-13(9-14(17)11-18-15)10-19-16(2,3)4/h9,11-12,19H,7-8,10H2,1-6H3. The van der Waals surface area contributed by atoms with Crippen molar-refractivity contribution >= 4 is 33.5 Å². The van der Waals surface area contributed by atoms with Gasteiger partial charge in [0.25, 0.3) is 0 Å². The van der Waals surface area contributed by atoms with Gasteiger partial charge in [-0.1, -0.05) is 0 Å². The molecule has 3 nitrogen and oxygen atoms in total. The lowest BCUT2D eigenvalue weighted by molar-refractivity contribution is 0.423. The van der Waals surface area contributed by atoms with Crippen LogP contribution in [0, 0.1) is 0 Å². The van der Waals surface area contributed by atoms with E-state index in [0.717, 1.165) is 16.8 Å². The maximum Gasteiger partial charge on any atom is 0.133 e. The molecule has 1 heterocycles. The van der Waals surface area contributed by atoms with Gasteiger partial charge < -0.3 is 10.2 Å². The summed E-state index contributed by atoms with van der Waals surface area (Å²) in [4.78, 5) is 6.93. The average Bonchev–Trinajstić information content (AvgIpc) is 2.41. The summed E-state index contributed by atoms with van der Waals surface area (Å²) in [5.74, 6) is 2.25. The van der Waals surface area contributed by atoms with E-state index in [9.17, 15) is 0 Å². The topological polar surface area (TPSA) is 28.2 Å². The molecule has 120 valence electrons. The Kier molecular flexibility index (Phi) is 7.51. The van der Waals surface area contributed by atoms with Crippen LogP contribution in [0.5, 0.6) is 0 Å². The number of aromatic nitrogens is 1. The van der Waals surface area contributed by atoms with Crippen molar-refractivity contribution in [2.24, 2.45) is 0 Å². The molecule has 1 aromatic rings. The summed E-state index contributed by atoms with van der Waals surface area (Å²) < 4.78 is 1.03. The lowest BCUT2D eigenvalue weighted by Crippen LogP contribution is -2.36. The zero-order valence-electron chi connectivity index (χ0n) is 14.0. The van der Waals surface area contributed by atoms with Crippen LogP contribution in [0.25, 0.3) is 0 Å². The summed E-state index contributed by atoms with van der Waals surface area (Å²) >= 11 is 5.43. The van der Waals surface area contributed by atoms with Crippen molar-refractivity contribution < 1.29 is 0 Å². The number of thioether (sulfide) groups is 1. The molecular formula is C16H28BrN3S. The Hall–Kier alpha value is -0.260. The third-order valence-electron chi connectivity index (χ3n) is 3.45. The van der Waals surface area contributed by atoms with Gasteiger partial charge in [-0.05, 0) is 68.1 Å². The van der Waals surface area contributed by atoms with Crippen LogP contribution in [0.4, 0.5) is 5.82 Å². The van der Waals surface area contributed by atoms with Crippen molar-refractivity contribution in [1.29, 1.82) is 0 Å². The molecule has 0 aromatic carbocycles. The van der Waals surface area contributed by atoms with Crippen LogP contribution in [-0.4, -0.2) is 35.6 Å². The molecule has 0 aliphatic heterocycles. The molecule has 0 bridgehead atoms. The van der Waals surface area contributed by atoms with Crippen LogP contribution < -0.4 is 10.2 Å². The second-order valence-corrected chi connectivity index (χ2v) is 8.38. The monoisotopic (exact) mass is 373 g/mol. The van der Waals surface area contributed by atoms with E-state index in [1.54, 1.807) is 0 Å². The molecule has 0 fully saturated rings.